The van der Waals surface area contributed by atoms with Crippen molar-refractivity contribution in [1.82, 2.24) is 4.98 Å². The number of fused-ring (bicyclic) bond motifs is 2. The van der Waals surface area contributed by atoms with Crippen LogP contribution in [0.3, 0.4) is 0 Å². The van der Waals surface area contributed by atoms with Crippen LogP contribution in [-0.2, 0) is 14.4 Å². The third-order valence-electron chi connectivity index (χ3n) is 7.27. The van der Waals surface area contributed by atoms with Crippen LogP contribution in [0.4, 0.5) is 11.4 Å². The van der Waals surface area contributed by atoms with Gasteiger partial charge in [0.1, 0.15) is 11.0 Å². The number of nitrogens with zero attached hydrogens (tertiary/aromatic N) is 1. The topological polar surface area (TPSA) is 127 Å². The van der Waals surface area contributed by atoms with Crippen molar-refractivity contribution in [1.29, 1.82) is 0 Å². The van der Waals surface area contributed by atoms with Crippen molar-refractivity contribution in [2.75, 3.05) is 30.5 Å². The van der Waals surface area contributed by atoms with Gasteiger partial charge in [-0.05, 0) is 73.2 Å². The Bertz CT molecular complexity index is 1790. The van der Waals surface area contributed by atoms with Crippen LogP contribution in [0.25, 0.3) is 0 Å². The maximum Gasteiger partial charge on any atom is 0.305 e. The molecule has 2 N–H and O–H groups in total. The number of thiazole rings is 1. The van der Waals surface area contributed by atoms with Crippen molar-refractivity contribution in [2.24, 2.45) is 5.92 Å². The molecule has 6 rings (SSSR count). The monoisotopic (exact) mass is 651 g/mol. The van der Waals surface area contributed by atoms with Crippen LogP contribution in [0.1, 0.15) is 23.3 Å². The number of anilines is 2. The van der Waals surface area contributed by atoms with Crippen LogP contribution >= 0.6 is 34.7 Å². The lowest BCUT2D eigenvalue weighted by Crippen LogP contribution is -2.32. The summed E-state index contributed by atoms with van der Waals surface area (Å²) in [4.78, 5) is 57.2. The molecule has 0 aliphatic carbocycles. The lowest BCUT2D eigenvalue weighted by molar-refractivity contribution is -0.122. The molecule has 2 aliphatic rings. The van der Waals surface area contributed by atoms with Gasteiger partial charge in [0, 0.05) is 21.5 Å². The smallest absolute Gasteiger partial charge is 0.305 e. The summed E-state index contributed by atoms with van der Waals surface area (Å²) in [7, 11) is 1.54. The Morgan fingerprint density at radius 1 is 0.977 bits per heavy atom. The predicted octanol–water partition coefficient (Wildman–Crippen LogP) is 5.31. The molecule has 1 fully saturated rings. The number of imide groups is 1. The number of rotatable bonds is 9. The molecule has 13 heteroatoms. The minimum atomic E-state index is -0.764. The number of aromatic amines is 1. The van der Waals surface area contributed by atoms with Gasteiger partial charge in [0.15, 0.2) is 18.1 Å². The second-order valence-corrected chi connectivity index (χ2v) is 12.5. The number of hydrogen-bond donors (Lipinski definition) is 2. The van der Waals surface area contributed by atoms with E-state index >= 15 is 0 Å². The maximum atomic E-state index is 14.0. The molecule has 0 radical (unpaired) electrons. The molecule has 1 saturated heterocycles. The van der Waals surface area contributed by atoms with Crippen molar-refractivity contribution >= 4 is 63.8 Å². The summed E-state index contributed by atoms with van der Waals surface area (Å²) < 4.78 is 16.9. The van der Waals surface area contributed by atoms with Crippen LogP contribution in [0, 0.1) is 5.92 Å². The fourth-order valence-corrected chi connectivity index (χ4v) is 7.98. The Kier molecular flexibility index (Phi) is 8.39. The molecule has 0 spiro atoms. The summed E-state index contributed by atoms with van der Waals surface area (Å²) >= 11 is 8.14. The Morgan fingerprint density at radius 2 is 1.73 bits per heavy atom. The van der Waals surface area contributed by atoms with Gasteiger partial charge in [0.05, 0.1) is 30.3 Å². The highest BCUT2D eigenvalue weighted by atomic mass is 35.5. The summed E-state index contributed by atoms with van der Waals surface area (Å²) in [5, 5.41) is 3.13. The number of aromatic nitrogens is 1. The van der Waals surface area contributed by atoms with Gasteiger partial charge in [-0.2, -0.15) is 0 Å². The molecule has 44 heavy (non-hydrogen) atoms. The summed E-state index contributed by atoms with van der Waals surface area (Å²) in [6.45, 7) is 1.86. The van der Waals surface area contributed by atoms with Gasteiger partial charge < -0.3 is 24.5 Å². The molecule has 0 bridgehead atoms. The number of H-pyrrole nitrogens is 1. The van der Waals surface area contributed by atoms with Gasteiger partial charge in [0.2, 0.25) is 11.8 Å². The first-order valence-electron chi connectivity index (χ1n) is 13.6. The SMILES string of the molecule is CCOc1cc([C@H]2c3sc(=O)[nH]c3SC3C(=O)N(c4ccc(OC)cc4)C(=O)C32)ccc1OCC(=O)Nc1ccc(Cl)cc1. The molecule has 10 nitrogen and oxygen atoms in total. The third-order valence-corrected chi connectivity index (χ3v) is 9.92. The highest BCUT2D eigenvalue weighted by Crippen LogP contribution is 2.53. The third kappa shape index (κ3) is 5.68. The van der Waals surface area contributed by atoms with Gasteiger partial charge in [-0.1, -0.05) is 40.8 Å². The van der Waals surface area contributed by atoms with Crippen molar-refractivity contribution in [3.05, 3.63) is 91.9 Å². The van der Waals surface area contributed by atoms with Gasteiger partial charge >= 0.3 is 4.87 Å². The standard InChI is InChI=1S/C31H26ClN3O7S2/c1-3-41-22-14-16(4-13-21(22)42-15-23(36)33-18-7-5-17(32)6-8-18)24-25-27(43-28-26(24)44-31(39)34-28)30(38)35(29(25)37)19-9-11-20(40-2)12-10-19/h4-14,24-25,27H,3,15H2,1-2H3,(H,33,36)(H,34,39)/t24-,25?,27?/m1/s1. The van der Waals surface area contributed by atoms with Gasteiger partial charge in [-0.15, -0.1) is 0 Å². The summed E-state index contributed by atoms with van der Waals surface area (Å²) in [6, 6.07) is 18.6. The average molecular weight is 652 g/mol. The number of hydrogen-bond acceptors (Lipinski definition) is 9. The predicted molar refractivity (Wildman–Crippen MR) is 169 cm³/mol. The molecular formula is C31H26ClN3O7S2. The molecule has 3 aromatic carbocycles. The minimum absolute atomic E-state index is 0.268. The number of nitrogens with one attached hydrogen (secondary N) is 2. The summed E-state index contributed by atoms with van der Waals surface area (Å²) in [5.41, 5.74) is 1.70. The molecule has 0 saturated carbocycles. The molecule has 2 aliphatic heterocycles. The highest BCUT2D eigenvalue weighted by molar-refractivity contribution is 8.00. The lowest BCUT2D eigenvalue weighted by Gasteiger charge is -2.30. The number of thioether (sulfide) groups is 1. The molecule has 4 aromatic rings. The quantitative estimate of drug-likeness (QED) is 0.233. The molecular weight excluding hydrogens is 626 g/mol. The minimum Gasteiger partial charge on any atom is -0.497 e. The summed E-state index contributed by atoms with van der Waals surface area (Å²) in [5.74, 6) is -1.14. The van der Waals surface area contributed by atoms with E-state index in [1.807, 2.05) is 6.92 Å². The zero-order chi connectivity index (χ0) is 31.0. The molecule has 3 amide bonds. The molecule has 3 atom stereocenters. The van der Waals surface area contributed by atoms with Crippen LogP contribution in [0.5, 0.6) is 17.2 Å². The van der Waals surface area contributed by atoms with Crippen molar-refractivity contribution < 1.29 is 28.6 Å². The van der Waals surface area contributed by atoms with Gasteiger partial charge in [-0.3, -0.25) is 19.2 Å². The first-order valence-corrected chi connectivity index (χ1v) is 15.7. The van der Waals surface area contributed by atoms with Gasteiger partial charge in [0.25, 0.3) is 5.91 Å². The number of amides is 3. The van der Waals surface area contributed by atoms with Crippen LogP contribution in [0.2, 0.25) is 5.02 Å². The largest absolute Gasteiger partial charge is 0.497 e. The number of carbonyl (C=O) groups excluding carboxylic acids is 3. The first kappa shape index (κ1) is 29.8. The van der Waals surface area contributed by atoms with E-state index < -0.39 is 17.1 Å². The first-order chi connectivity index (χ1) is 21.3. The fraction of sp³-hybridized carbons (Fsp3) is 0.226. The Morgan fingerprint density at radius 3 is 2.43 bits per heavy atom. The van der Waals surface area contributed by atoms with Crippen molar-refractivity contribution in [3.8, 4) is 17.2 Å². The lowest BCUT2D eigenvalue weighted by atomic mass is 9.83. The second-order valence-electron chi connectivity index (χ2n) is 9.94. The number of carbonyl (C=O) groups is 3. The average Bonchev–Trinajstić information content (AvgIpc) is 3.51. The Balaban J connectivity index is 1.30. The van der Waals surface area contributed by atoms with E-state index in [0.29, 0.717) is 55.7 Å². The number of halogens is 1. The van der Waals surface area contributed by atoms with Crippen LogP contribution < -0.4 is 29.3 Å². The summed E-state index contributed by atoms with van der Waals surface area (Å²) in [6.07, 6.45) is 0. The fourth-order valence-electron chi connectivity index (χ4n) is 5.34. The van der Waals surface area contributed by atoms with E-state index in [4.69, 9.17) is 25.8 Å². The maximum absolute atomic E-state index is 14.0. The van der Waals surface area contributed by atoms with E-state index in [9.17, 15) is 19.2 Å². The van der Waals surface area contributed by atoms with E-state index in [-0.39, 0.29) is 29.2 Å². The van der Waals surface area contributed by atoms with Gasteiger partial charge in [-0.25, -0.2) is 4.90 Å². The van der Waals surface area contributed by atoms with E-state index in [1.165, 1.54) is 16.7 Å². The zero-order valence-corrected chi connectivity index (χ0v) is 25.9. The van der Waals surface area contributed by atoms with Crippen LogP contribution in [0.15, 0.2) is 76.6 Å². The van der Waals surface area contributed by atoms with Crippen molar-refractivity contribution in [2.45, 2.75) is 23.1 Å². The van der Waals surface area contributed by atoms with Crippen molar-refractivity contribution in [3.63, 3.8) is 0 Å². The molecule has 2 unspecified atom stereocenters. The number of ether oxygens (including phenoxy) is 3. The van der Waals surface area contributed by atoms with E-state index in [2.05, 4.69) is 10.3 Å². The molecule has 226 valence electrons. The zero-order valence-electron chi connectivity index (χ0n) is 23.5. The number of benzene rings is 3. The van der Waals surface area contributed by atoms with E-state index in [1.54, 1.807) is 73.8 Å². The van der Waals surface area contributed by atoms with Crippen LogP contribution in [-0.4, -0.2) is 48.3 Å². The molecule has 3 heterocycles. The normalized spacial score (nSPS) is 18.9. The highest BCUT2D eigenvalue weighted by Gasteiger charge is 2.56. The number of methoxy groups -OCH3 is 1. The Labute approximate surface area is 265 Å². The second kappa shape index (κ2) is 12.4. The van der Waals surface area contributed by atoms with E-state index in [0.717, 1.165) is 11.3 Å². The Hall–Kier alpha value is -4.26. The molecule has 1 aromatic heterocycles.